The number of rotatable bonds is 52. The van der Waals surface area contributed by atoms with Crippen molar-refractivity contribution in [3.8, 4) is 0 Å². The van der Waals surface area contributed by atoms with Crippen LogP contribution in [0.25, 0.3) is 0 Å². The van der Waals surface area contributed by atoms with Gasteiger partial charge in [0.05, 0.1) is 39.9 Å². The lowest BCUT2D eigenvalue weighted by Crippen LogP contribution is -2.46. The van der Waals surface area contributed by atoms with Crippen LogP contribution in [0.15, 0.2) is 0 Å². The molecule has 63 heavy (non-hydrogen) atoms. The van der Waals surface area contributed by atoms with E-state index < -0.39 is 20.0 Å². The number of hydrogen-bond donors (Lipinski definition) is 2. The van der Waals surface area contributed by atoms with Crippen LogP contribution in [-0.2, 0) is 18.4 Å². The minimum absolute atomic E-state index is 0.0163. The van der Waals surface area contributed by atoms with Crippen molar-refractivity contribution in [1.29, 1.82) is 0 Å². The van der Waals surface area contributed by atoms with Gasteiger partial charge in [0, 0.05) is 6.42 Å². The van der Waals surface area contributed by atoms with E-state index in [2.05, 4.69) is 19.2 Å². The molecule has 1 unspecified atom stereocenters. The smallest absolute Gasteiger partial charge is 0.268 e. The molecule has 0 aromatic heterocycles. The van der Waals surface area contributed by atoms with Gasteiger partial charge in [0.15, 0.2) is 0 Å². The van der Waals surface area contributed by atoms with Crippen LogP contribution in [0.1, 0.15) is 290 Å². The van der Waals surface area contributed by atoms with Gasteiger partial charge >= 0.3 is 0 Å². The maximum absolute atomic E-state index is 12.9. The zero-order valence-corrected chi connectivity index (χ0v) is 44.0. The van der Waals surface area contributed by atoms with Crippen molar-refractivity contribution in [3.05, 3.63) is 0 Å². The van der Waals surface area contributed by atoms with Gasteiger partial charge in [-0.05, 0) is 12.8 Å². The van der Waals surface area contributed by atoms with E-state index in [0.717, 1.165) is 38.5 Å². The molecule has 1 amide bonds. The Morgan fingerprint density at radius 1 is 0.492 bits per heavy atom. The first kappa shape index (κ1) is 62.5. The average molecular weight is 915 g/mol. The fourth-order valence-electron chi connectivity index (χ4n) is 8.69. The van der Waals surface area contributed by atoms with Crippen LogP contribution >= 0.6 is 7.82 Å². The van der Waals surface area contributed by atoms with E-state index in [1.54, 1.807) is 0 Å². The van der Waals surface area contributed by atoms with Crippen LogP contribution in [0.4, 0.5) is 0 Å². The summed E-state index contributed by atoms with van der Waals surface area (Å²) in [6.45, 7) is 4.76. The predicted octanol–water partition coefficient (Wildman–Crippen LogP) is 15.9. The molecule has 0 aliphatic heterocycles. The van der Waals surface area contributed by atoms with Crippen molar-refractivity contribution in [2.45, 2.75) is 302 Å². The highest BCUT2D eigenvalue weighted by Gasteiger charge is 2.24. The number of nitrogens with one attached hydrogen (secondary N) is 1. The second kappa shape index (κ2) is 46.6. The fraction of sp³-hybridized carbons (Fsp3) is 0.981. The second-order valence-electron chi connectivity index (χ2n) is 20.7. The molecule has 378 valence electrons. The number of unbranched alkanes of at least 4 members (excludes halogenated alkanes) is 39. The first-order chi connectivity index (χ1) is 30.5. The average Bonchev–Trinajstić information content (AvgIpc) is 3.24. The largest absolute Gasteiger partial charge is 0.756 e. The molecule has 9 heteroatoms. The van der Waals surface area contributed by atoms with Crippen LogP contribution in [0, 0.1) is 0 Å². The Bertz CT molecular complexity index is 994. The highest BCUT2D eigenvalue weighted by Crippen LogP contribution is 2.38. The fourth-order valence-corrected chi connectivity index (χ4v) is 9.41. The molecule has 0 rings (SSSR count). The summed E-state index contributed by atoms with van der Waals surface area (Å²) in [4.78, 5) is 25.4. The number of aliphatic hydroxyl groups excluding tert-OH is 1. The maximum Gasteiger partial charge on any atom is 0.268 e. The van der Waals surface area contributed by atoms with Crippen LogP contribution in [0.2, 0.25) is 0 Å². The lowest BCUT2D eigenvalue weighted by Gasteiger charge is -2.30. The molecule has 3 atom stereocenters. The summed E-state index contributed by atoms with van der Waals surface area (Å²) >= 11 is 0. The number of carbonyl (C=O) groups is 1. The summed E-state index contributed by atoms with van der Waals surface area (Å²) in [6, 6.07) is -0.793. The lowest BCUT2D eigenvalue weighted by molar-refractivity contribution is -0.870. The number of carbonyl (C=O) groups excluding carboxylic acids is 1. The monoisotopic (exact) mass is 915 g/mol. The van der Waals surface area contributed by atoms with Gasteiger partial charge < -0.3 is 28.8 Å². The molecule has 0 heterocycles. The molecule has 0 aromatic rings. The first-order valence-corrected chi connectivity index (χ1v) is 29.3. The topological polar surface area (TPSA) is 108 Å². The molecule has 0 spiro atoms. The van der Waals surface area contributed by atoms with Crippen LogP contribution in [-0.4, -0.2) is 68.5 Å². The van der Waals surface area contributed by atoms with Crippen molar-refractivity contribution >= 4 is 13.7 Å². The molecule has 0 aliphatic carbocycles. The Morgan fingerprint density at radius 3 is 1.08 bits per heavy atom. The Hall–Kier alpha value is -0.500. The highest BCUT2D eigenvalue weighted by molar-refractivity contribution is 7.45. The van der Waals surface area contributed by atoms with E-state index in [-0.39, 0.29) is 19.1 Å². The summed E-state index contributed by atoms with van der Waals surface area (Å²) < 4.78 is 23.3. The van der Waals surface area contributed by atoms with Gasteiger partial charge in [-0.15, -0.1) is 0 Å². The first-order valence-electron chi connectivity index (χ1n) is 27.9. The Balaban J connectivity index is 3.98. The number of phosphoric acid groups is 1. The Kier molecular flexibility index (Phi) is 46.2. The second-order valence-corrected chi connectivity index (χ2v) is 22.1. The molecule has 0 bridgehead atoms. The van der Waals surface area contributed by atoms with E-state index in [4.69, 9.17) is 9.05 Å². The van der Waals surface area contributed by atoms with Crippen molar-refractivity contribution in [3.63, 3.8) is 0 Å². The summed E-state index contributed by atoms with van der Waals surface area (Å²) in [6.07, 6.45) is 54.3. The molecule has 8 nitrogen and oxygen atoms in total. The number of likely N-dealkylation sites (N-methyl/N-ethyl adjacent to an activating group) is 1. The van der Waals surface area contributed by atoms with E-state index in [1.165, 1.54) is 225 Å². The van der Waals surface area contributed by atoms with Crippen LogP contribution in [0.3, 0.4) is 0 Å². The third-order valence-electron chi connectivity index (χ3n) is 13.1. The summed E-state index contributed by atoms with van der Waals surface area (Å²) in [5.41, 5.74) is 0. The maximum atomic E-state index is 12.9. The number of hydrogen-bond acceptors (Lipinski definition) is 6. The van der Waals surface area contributed by atoms with E-state index >= 15 is 0 Å². The van der Waals surface area contributed by atoms with Gasteiger partial charge in [-0.2, -0.15) is 0 Å². The molecule has 0 saturated carbocycles. The van der Waals surface area contributed by atoms with E-state index in [9.17, 15) is 19.4 Å². The highest BCUT2D eigenvalue weighted by atomic mass is 31.2. The van der Waals surface area contributed by atoms with Gasteiger partial charge in [-0.3, -0.25) is 9.36 Å². The zero-order valence-electron chi connectivity index (χ0n) is 43.1. The molecule has 0 aromatic carbocycles. The molecule has 0 aliphatic rings. The van der Waals surface area contributed by atoms with Gasteiger partial charge in [0.1, 0.15) is 13.2 Å². The van der Waals surface area contributed by atoms with Crippen molar-refractivity contribution in [2.75, 3.05) is 40.9 Å². The van der Waals surface area contributed by atoms with Gasteiger partial charge in [-0.25, -0.2) is 0 Å². The number of aliphatic hydroxyl groups is 1. The van der Waals surface area contributed by atoms with E-state index in [1.807, 2.05) is 21.1 Å². The molecule has 0 radical (unpaired) electrons. The summed E-state index contributed by atoms with van der Waals surface area (Å²) in [5.74, 6) is -0.158. The third-order valence-corrected chi connectivity index (χ3v) is 14.1. The Labute approximate surface area is 393 Å². The standard InChI is InChI=1S/C54H111N2O6P/c1-6-8-10-12-14-16-18-20-21-22-23-24-25-26-27-28-29-30-31-32-33-34-35-36-38-40-42-44-46-48-54(58)55-52(51-62-63(59,60)61-50-49-56(3,4)5)53(57)47-45-43-41-39-37-19-17-15-13-11-9-7-2/h52-53,57H,6-51H2,1-5H3,(H-,55,58,59,60)/t52-,53+/m0/s1. The number of nitrogens with zero attached hydrogens (tertiary/aromatic N) is 1. The lowest BCUT2D eigenvalue weighted by atomic mass is 10.0. The van der Waals surface area contributed by atoms with Gasteiger partial charge in [0.25, 0.3) is 7.82 Å². The molecule has 0 saturated heterocycles. The van der Waals surface area contributed by atoms with Crippen LogP contribution in [0.5, 0.6) is 0 Å². The minimum Gasteiger partial charge on any atom is -0.756 e. The third kappa shape index (κ3) is 49.2. The van der Waals surface area contributed by atoms with Crippen molar-refractivity contribution in [2.24, 2.45) is 0 Å². The van der Waals surface area contributed by atoms with Gasteiger partial charge in [-0.1, -0.05) is 271 Å². The number of phosphoric ester groups is 1. The normalized spacial score (nSPS) is 14.0. The SMILES string of the molecule is CCCCCCCCCCCCCCCCCCCCCCCCCCCCCCCC(=O)N[C@@H](COP(=O)([O-])OCC[N+](C)(C)C)[C@H](O)CCCCCCCCCCCCCC. The molecular formula is C54H111N2O6P. The van der Waals surface area contributed by atoms with Crippen molar-refractivity contribution < 1.29 is 32.9 Å². The molecule has 2 N–H and O–H groups in total. The Morgan fingerprint density at radius 2 is 0.778 bits per heavy atom. The summed E-state index contributed by atoms with van der Waals surface area (Å²) in [5, 5.41) is 14.0. The minimum atomic E-state index is -4.56. The number of quaternary nitrogens is 1. The number of amides is 1. The van der Waals surface area contributed by atoms with E-state index in [0.29, 0.717) is 23.9 Å². The predicted molar refractivity (Wildman–Crippen MR) is 270 cm³/mol. The molecular weight excluding hydrogens is 804 g/mol. The van der Waals surface area contributed by atoms with Gasteiger partial charge in [0.2, 0.25) is 5.91 Å². The summed E-state index contributed by atoms with van der Waals surface area (Å²) in [7, 11) is 1.32. The van der Waals surface area contributed by atoms with Crippen LogP contribution < -0.4 is 10.2 Å². The quantitative estimate of drug-likeness (QED) is 0.0357. The zero-order chi connectivity index (χ0) is 46.4. The van der Waals surface area contributed by atoms with Crippen molar-refractivity contribution in [1.82, 2.24) is 5.32 Å². The molecule has 0 fully saturated rings.